The Bertz CT molecular complexity index is 676. The maximum atomic E-state index is 12.3. The van der Waals surface area contributed by atoms with Gasteiger partial charge in [-0.1, -0.05) is 19.1 Å². The number of rotatable bonds is 5. The Balaban J connectivity index is 1.56. The lowest BCUT2D eigenvalue weighted by Gasteiger charge is -2.23. The van der Waals surface area contributed by atoms with Gasteiger partial charge in [0.05, 0.1) is 17.7 Å². The lowest BCUT2D eigenvalue weighted by molar-refractivity contribution is -0.125. The van der Waals surface area contributed by atoms with Crippen LogP contribution < -0.4 is 16.0 Å². The molecule has 25 heavy (non-hydrogen) atoms. The van der Waals surface area contributed by atoms with E-state index >= 15 is 0 Å². The van der Waals surface area contributed by atoms with E-state index < -0.39 is 6.04 Å². The van der Waals surface area contributed by atoms with E-state index in [0.29, 0.717) is 23.8 Å². The summed E-state index contributed by atoms with van der Waals surface area (Å²) < 4.78 is 0. The smallest absolute Gasteiger partial charge is 0.254 e. The number of carbonyl (C=O) groups is 3. The van der Waals surface area contributed by atoms with Crippen molar-refractivity contribution in [3.63, 3.8) is 0 Å². The number of carbonyl (C=O) groups excluding carboxylic acids is 3. The van der Waals surface area contributed by atoms with Crippen molar-refractivity contribution in [1.29, 1.82) is 0 Å². The van der Waals surface area contributed by atoms with Crippen molar-refractivity contribution in [2.24, 2.45) is 0 Å². The third-order valence-corrected chi connectivity index (χ3v) is 4.88. The van der Waals surface area contributed by atoms with Crippen LogP contribution in [0.5, 0.6) is 0 Å². The minimum atomic E-state index is -0.870. The Labute approximate surface area is 147 Å². The van der Waals surface area contributed by atoms with Crippen LogP contribution in [0.25, 0.3) is 0 Å². The second kappa shape index (κ2) is 7.65. The van der Waals surface area contributed by atoms with E-state index in [0.717, 1.165) is 25.9 Å². The Kier molecular flexibility index (Phi) is 5.33. The maximum absolute atomic E-state index is 12.3. The van der Waals surface area contributed by atoms with Gasteiger partial charge in [0.15, 0.2) is 0 Å². The first-order valence-corrected chi connectivity index (χ1v) is 8.80. The van der Waals surface area contributed by atoms with Crippen LogP contribution in [0, 0.1) is 0 Å². The van der Waals surface area contributed by atoms with Crippen LogP contribution in [0.15, 0.2) is 24.3 Å². The topological polar surface area (TPSA) is 90.5 Å². The van der Waals surface area contributed by atoms with Crippen molar-refractivity contribution in [2.45, 2.75) is 38.3 Å². The summed E-state index contributed by atoms with van der Waals surface area (Å²) in [5, 5.41) is 8.25. The van der Waals surface area contributed by atoms with Crippen molar-refractivity contribution in [2.75, 3.05) is 25.0 Å². The molecule has 1 saturated heterocycles. The summed E-state index contributed by atoms with van der Waals surface area (Å²) in [7, 11) is 0. The number of hydrogen-bond donors (Lipinski definition) is 3. The minimum Gasteiger partial charge on any atom is -0.354 e. The average molecular weight is 344 g/mol. The van der Waals surface area contributed by atoms with E-state index in [2.05, 4.69) is 27.8 Å². The summed E-state index contributed by atoms with van der Waals surface area (Å²) >= 11 is 0. The zero-order valence-corrected chi connectivity index (χ0v) is 14.4. The third kappa shape index (κ3) is 3.99. The van der Waals surface area contributed by atoms with Gasteiger partial charge < -0.3 is 16.0 Å². The highest BCUT2D eigenvalue weighted by Crippen LogP contribution is 2.19. The summed E-state index contributed by atoms with van der Waals surface area (Å²) in [5.74, 6) is -0.946. The lowest BCUT2D eigenvalue weighted by atomic mass is 10.1. The van der Waals surface area contributed by atoms with E-state index in [1.165, 1.54) is 0 Å². The zero-order valence-electron chi connectivity index (χ0n) is 14.4. The van der Waals surface area contributed by atoms with Crippen LogP contribution in [-0.4, -0.2) is 54.3 Å². The fourth-order valence-corrected chi connectivity index (χ4v) is 3.49. The van der Waals surface area contributed by atoms with Gasteiger partial charge in [0.25, 0.3) is 5.91 Å². The van der Waals surface area contributed by atoms with Crippen LogP contribution in [0.4, 0.5) is 5.69 Å². The molecule has 0 aromatic heterocycles. The predicted octanol–water partition coefficient (Wildman–Crippen LogP) is 0.728. The molecule has 3 rings (SSSR count). The summed E-state index contributed by atoms with van der Waals surface area (Å²) in [4.78, 5) is 39.1. The first-order valence-electron chi connectivity index (χ1n) is 8.80. The van der Waals surface area contributed by atoms with Crippen LogP contribution in [0.1, 0.15) is 36.5 Å². The van der Waals surface area contributed by atoms with Gasteiger partial charge in [-0.3, -0.25) is 19.3 Å². The normalized spacial score (nSPS) is 23.4. The Morgan fingerprint density at radius 2 is 2.12 bits per heavy atom. The van der Waals surface area contributed by atoms with E-state index in [9.17, 15) is 14.4 Å². The molecule has 2 atom stereocenters. The number of hydrogen-bond acceptors (Lipinski definition) is 4. The minimum absolute atomic E-state index is 0.0651. The average Bonchev–Trinajstić information content (AvgIpc) is 3.02. The molecule has 2 aliphatic rings. The third-order valence-electron chi connectivity index (χ3n) is 4.88. The van der Waals surface area contributed by atoms with Gasteiger partial charge in [-0.2, -0.15) is 0 Å². The number of anilines is 1. The lowest BCUT2D eigenvalue weighted by Crippen LogP contribution is -2.46. The SMILES string of the molecule is CCN1CCC[C@@H]1CNC(=O)C[C@@H]1NC(=O)c2ccccc2NC1=O. The molecule has 1 fully saturated rings. The number of nitrogens with zero attached hydrogens (tertiary/aromatic N) is 1. The molecule has 0 bridgehead atoms. The van der Waals surface area contributed by atoms with Gasteiger partial charge in [-0.05, 0) is 38.1 Å². The predicted molar refractivity (Wildman–Crippen MR) is 94.2 cm³/mol. The Hall–Kier alpha value is -2.41. The van der Waals surface area contributed by atoms with E-state index in [-0.39, 0.29) is 24.1 Å². The highest BCUT2D eigenvalue weighted by molar-refractivity contribution is 6.10. The summed E-state index contributed by atoms with van der Waals surface area (Å²) in [6.45, 7) is 4.73. The van der Waals surface area contributed by atoms with E-state index in [1.54, 1.807) is 24.3 Å². The highest BCUT2D eigenvalue weighted by Gasteiger charge is 2.30. The monoisotopic (exact) mass is 344 g/mol. The summed E-state index contributed by atoms with van der Waals surface area (Å²) in [6.07, 6.45) is 2.15. The second-order valence-corrected chi connectivity index (χ2v) is 6.49. The van der Waals surface area contributed by atoms with Crippen molar-refractivity contribution < 1.29 is 14.4 Å². The number of likely N-dealkylation sites (tertiary alicyclic amines) is 1. The number of nitrogens with one attached hydrogen (secondary N) is 3. The largest absolute Gasteiger partial charge is 0.354 e. The molecule has 7 nitrogen and oxygen atoms in total. The Morgan fingerprint density at radius 3 is 2.92 bits per heavy atom. The van der Waals surface area contributed by atoms with Gasteiger partial charge in [-0.25, -0.2) is 0 Å². The number of para-hydroxylation sites is 1. The van der Waals surface area contributed by atoms with Gasteiger partial charge in [0.1, 0.15) is 6.04 Å². The number of amides is 3. The molecule has 2 aliphatic heterocycles. The summed E-state index contributed by atoms with van der Waals surface area (Å²) in [6, 6.07) is 6.29. The molecule has 1 aromatic rings. The molecule has 7 heteroatoms. The molecular weight excluding hydrogens is 320 g/mol. The second-order valence-electron chi connectivity index (χ2n) is 6.49. The number of likely N-dealkylation sites (N-methyl/N-ethyl adjacent to an activating group) is 1. The molecule has 0 saturated carbocycles. The van der Waals surface area contributed by atoms with Crippen molar-refractivity contribution in [1.82, 2.24) is 15.5 Å². The van der Waals surface area contributed by atoms with Crippen LogP contribution >= 0.6 is 0 Å². The fraction of sp³-hybridized carbons (Fsp3) is 0.500. The number of fused-ring (bicyclic) bond motifs is 1. The van der Waals surface area contributed by atoms with Crippen molar-refractivity contribution in [3.05, 3.63) is 29.8 Å². The fourth-order valence-electron chi connectivity index (χ4n) is 3.49. The molecule has 2 heterocycles. The standard InChI is InChI=1S/C18H24N4O3/c1-2-22-9-5-6-12(22)11-19-16(23)10-15-18(25)20-14-8-4-3-7-13(14)17(24)21-15/h3-4,7-8,12,15H,2,5-6,9-11H2,1H3,(H,19,23)(H,20,25)(H,21,24)/t12-,15+/m1/s1. The van der Waals surface area contributed by atoms with Gasteiger partial charge in [-0.15, -0.1) is 0 Å². The van der Waals surface area contributed by atoms with Crippen LogP contribution in [-0.2, 0) is 9.59 Å². The molecule has 0 spiro atoms. The van der Waals surface area contributed by atoms with Crippen molar-refractivity contribution in [3.8, 4) is 0 Å². The molecular formula is C18H24N4O3. The van der Waals surface area contributed by atoms with E-state index in [4.69, 9.17) is 0 Å². The zero-order chi connectivity index (χ0) is 17.8. The molecule has 0 unspecified atom stereocenters. The van der Waals surface area contributed by atoms with Crippen molar-refractivity contribution >= 4 is 23.4 Å². The molecule has 3 N–H and O–H groups in total. The maximum Gasteiger partial charge on any atom is 0.254 e. The highest BCUT2D eigenvalue weighted by atomic mass is 16.2. The van der Waals surface area contributed by atoms with E-state index in [1.807, 2.05) is 0 Å². The first-order chi connectivity index (χ1) is 12.1. The molecule has 0 aliphatic carbocycles. The molecule has 134 valence electrons. The van der Waals surface area contributed by atoms with Crippen LogP contribution in [0.3, 0.4) is 0 Å². The molecule has 1 aromatic carbocycles. The Morgan fingerprint density at radius 1 is 1.32 bits per heavy atom. The van der Waals surface area contributed by atoms with Gasteiger partial charge >= 0.3 is 0 Å². The molecule has 3 amide bonds. The number of benzene rings is 1. The van der Waals surface area contributed by atoms with Crippen LogP contribution in [0.2, 0.25) is 0 Å². The quantitative estimate of drug-likeness (QED) is 0.734. The molecule has 0 radical (unpaired) electrons. The van der Waals surface area contributed by atoms with Gasteiger partial charge in [0.2, 0.25) is 11.8 Å². The van der Waals surface area contributed by atoms with Gasteiger partial charge in [0, 0.05) is 12.6 Å². The summed E-state index contributed by atoms with van der Waals surface area (Å²) in [5.41, 5.74) is 0.876. The first kappa shape index (κ1) is 17.4.